The highest BCUT2D eigenvalue weighted by Crippen LogP contribution is 2.23. The van der Waals surface area contributed by atoms with Gasteiger partial charge < -0.3 is 5.32 Å². The topological polar surface area (TPSA) is 84.2 Å². The maximum Gasteiger partial charge on any atom is 0.250 e. The molecule has 0 saturated heterocycles. The fourth-order valence-electron chi connectivity index (χ4n) is 2.79. The average molecular weight is 574 g/mol. The molecule has 2 N–H and O–H groups in total. The molecule has 0 fully saturated rings. The second kappa shape index (κ2) is 11.2. The Morgan fingerprint density at radius 1 is 1.09 bits per heavy atom. The van der Waals surface area contributed by atoms with Gasteiger partial charge in [0.15, 0.2) is 11.0 Å². The highest BCUT2D eigenvalue weighted by atomic mass is 127. The number of rotatable bonds is 9. The van der Waals surface area contributed by atoms with Crippen LogP contribution in [0.4, 0.5) is 5.69 Å². The van der Waals surface area contributed by atoms with Crippen LogP contribution in [0.5, 0.6) is 0 Å². The third kappa shape index (κ3) is 6.17. The first-order valence-corrected chi connectivity index (χ1v) is 12.6. The summed E-state index contributed by atoms with van der Waals surface area (Å²) < 4.78 is 3.14. The quantitative estimate of drug-likeness (QED) is 0.130. The minimum absolute atomic E-state index is 0.178. The summed E-state index contributed by atoms with van der Waals surface area (Å²) in [7, 11) is 0. The number of anilines is 1. The Morgan fingerprint density at radius 3 is 2.66 bits per heavy atom. The second-order valence-corrected chi connectivity index (χ2v) is 9.69. The van der Waals surface area contributed by atoms with E-state index >= 15 is 0 Å². The molecule has 10 heteroatoms. The summed E-state index contributed by atoms with van der Waals surface area (Å²) in [5.74, 6) is 0.731. The van der Waals surface area contributed by atoms with Gasteiger partial charge >= 0.3 is 0 Å². The summed E-state index contributed by atoms with van der Waals surface area (Å²) in [6.45, 7) is 0.500. The van der Waals surface area contributed by atoms with Crippen LogP contribution in [0.2, 0.25) is 0 Å². The Morgan fingerprint density at radius 2 is 1.91 bits per heavy atom. The Bertz CT molecular complexity index is 1180. The van der Waals surface area contributed by atoms with Crippen molar-refractivity contribution in [2.75, 3.05) is 11.1 Å². The fraction of sp³-hybridized carbons (Fsp3) is 0.0909. The molecule has 0 atom stereocenters. The first-order valence-electron chi connectivity index (χ1n) is 9.66. The van der Waals surface area contributed by atoms with Crippen molar-refractivity contribution < 1.29 is 4.79 Å². The Balaban J connectivity index is 1.44. The van der Waals surface area contributed by atoms with E-state index < -0.39 is 0 Å². The molecule has 1 amide bonds. The molecule has 0 aliphatic heterocycles. The largest absolute Gasteiger partial charge is 0.378 e. The van der Waals surface area contributed by atoms with E-state index in [9.17, 15) is 4.79 Å². The molecule has 7 nitrogen and oxygen atoms in total. The van der Waals surface area contributed by atoms with Crippen molar-refractivity contribution >= 4 is 63.5 Å². The Hall–Kier alpha value is -2.70. The predicted molar refractivity (Wildman–Crippen MR) is 139 cm³/mol. The van der Waals surface area contributed by atoms with E-state index in [4.69, 9.17) is 0 Å². The smallest absolute Gasteiger partial charge is 0.250 e. The summed E-state index contributed by atoms with van der Waals surface area (Å²) in [5.41, 5.74) is 4.50. The van der Waals surface area contributed by atoms with Crippen molar-refractivity contribution in [3.8, 4) is 5.69 Å². The molecular weight excluding hydrogens is 555 g/mol. The second-order valence-electron chi connectivity index (χ2n) is 6.53. The van der Waals surface area contributed by atoms with Gasteiger partial charge in [-0.15, -0.1) is 21.5 Å². The maximum absolute atomic E-state index is 12.2. The zero-order valence-electron chi connectivity index (χ0n) is 16.8. The first-order chi connectivity index (χ1) is 15.7. The van der Waals surface area contributed by atoms with E-state index in [-0.39, 0.29) is 11.7 Å². The molecule has 0 bridgehead atoms. The van der Waals surface area contributed by atoms with Gasteiger partial charge in [0, 0.05) is 19.8 Å². The zero-order chi connectivity index (χ0) is 22.2. The van der Waals surface area contributed by atoms with Crippen LogP contribution in [0.25, 0.3) is 5.69 Å². The summed E-state index contributed by atoms with van der Waals surface area (Å²) in [6.07, 6.45) is 1.63. The van der Waals surface area contributed by atoms with Crippen LogP contribution >= 0.6 is 45.7 Å². The fourth-order valence-corrected chi connectivity index (χ4v) is 4.50. The number of nitrogens with zero attached hydrogens (tertiary/aromatic N) is 4. The molecule has 2 aromatic carbocycles. The van der Waals surface area contributed by atoms with Crippen molar-refractivity contribution in [3.05, 3.63) is 86.4 Å². The van der Waals surface area contributed by atoms with Crippen LogP contribution in [0.1, 0.15) is 10.7 Å². The summed E-state index contributed by atoms with van der Waals surface area (Å²) in [5, 5.41) is 18.7. The Kier molecular flexibility index (Phi) is 7.91. The number of halogens is 1. The van der Waals surface area contributed by atoms with Crippen molar-refractivity contribution in [2.45, 2.75) is 11.7 Å². The summed E-state index contributed by atoms with van der Waals surface area (Å²) in [4.78, 5) is 13.2. The molecular formula is C22H19IN6OS2. The molecule has 4 rings (SSSR count). The van der Waals surface area contributed by atoms with E-state index in [1.807, 2.05) is 76.7 Å². The van der Waals surface area contributed by atoms with Crippen molar-refractivity contribution in [1.82, 2.24) is 20.2 Å². The molecule has 0 spiro atoms. The molecule has 0 aliphatic carbocycles. The maximum atomic E-state index is 12.2. The highest BCUT2D eigenvalue weighted by Gasteiger charge is 2.15. The van der Waals surface area contributed by atoms with Crippen LogP contribution in [-0.2, 0) is 11.3 Å². The number of carbonyl (C=O) groups excluding carboxylic acids is 1. The lowest BCUT2D eigenvalue weighted by molar-refractivity contribution is -0.118. The number of hydrogen-bond acceptors (Lipinski definition) is 7. The number of carbonyl (C=O) groups is 1. The van der Waals surface area contributed by atoms with E-state index in [2.05, 4.69) is 48.6 Å². The van der Waals surface area contributed by atoms with E-state index in [0.717, 1.165) is 22.1 Å². The van der Waals surface area contributed by atoms with Gasteiger partial charge in [-0.2, -0.15) is 5.10 Å². The monoisotopic (exact) mass is 574 g/mol. The van der Waals surface area contributed by atoms with Gasteiger partial charge in [-0.05, 0) is 70.4 Å². The van der Waals surface area contributed by atoms with Gasteiger partial charge in [-0.25, -0.2) is 5.43 Å². The van der Waals surface area contributed by atoms with Crippen molar-refractivity contribution in [1.29, 1.82) is 0 Å². The number of hydrogen-bond donors (Lipinski definition) is 2. The molecule has 162 valence electrons. The third-order valence-electron chi connectivity index (χ3n) is 4.27. The zero-order valence-corrected chi connectivity index (χ0v) is 20.6. The minimum atomic E-state index is -0.205. The molecule has 0 saturated carbocycles. The van der Waals surface area contributed by atoms with Gasteiger partial charge in [0.05, 0.1) is 18.5 Å². The molecule has 0 unspecified atom stereocenters. The van der Waals surface area contributed by atoms with Gasteiger partial charge in [0.1, 0.15) is 0 Å². The van der Waals surface area contributed by atoms with E-state index in [1.54, 1.807) is 17.6 Å². The number of amides is 1. The van der Waals surface area contributed by atoms with Crippen LogP contribution in [0.3, 0.4) is 0 Å². The van der Waals surface area contributed by atoms with Crippen molar-refractivity contribution in [2.24, 2.45) is 5.10 Å². The number of aromatic nitrogens is 3. The van der Waals surface area contributed by atoms with Gasteiger partial charge in [0.25, 0.3) is 5.91 Å². The standard InChI is InChI=1S/C22H19IN6OS2/c23-16-8-10-17(11-9-16)24-14-20-26-28-22(29(20)18-5-2-1-3-6-18)32-15-21(30)27-25-13-19-7-4-12-31-19/h1-13,24H,14-15H2,(H,27,30)/b25-13+. The molecule has 0 radical (unpaired) electrons. The van der Waals surface area contributed by atoms with E-state index in [0.29, 0.717) is 11.7 Å². The van der Waals surface area contributed by atoms with Crippen molar-refractivity contribution in [3.63, 3.8) is 0 Å². The number of benzene rings is 2. The number of thioether (sulfide) groups is 1. The molecule has 4 aromatic rings. The SMILES string of the molecule is O=C(CSc1nnc(CNc2ccc(I)cc2)n1-c1ccccc1)N/N=C/c1cccs1. The minimum Gasteiger partial charge on any atom is -0.378 e. The number of thiophene rings is 1. The number of para-hydroxylation sites is 1. The lowest BCUT2D eigenvalue weighted by Gasteiger charge is -2.11. The average Bonchev–Trinajstić information content (AvgIpc) is 3.48. The first kappa shape index (κ1) is 22.5. The summed E-state index contributed by atoms with van der Waals surface area (Å²) in [6, 6.07) is 21.9. The predicted octanol–water partition coefficient (Wildman–Crippen LogP) is 4.79. The molecule has 2 aromatic heterocycles. The number of nitrogens with one attached hydrogen (secondary N) is 2. The molecule has 0 aliphatic rings. The molecule has 32 heavy (non-hydrogen) atoms. The van der Waals surface area contributed by atoms with Gasteiger partial charge in [-0.3, -0.25) is 9.36 Å². The normalized spacial score (nSPS) is 11.0. The Labute approximate surface area is 207 Å². The lowest BCUT2D eigenvalue weighted by Crippen LogP contribution is -2.20. The van der Waals surface area contributed by atoms with Gasteiger partial charge in [0.2, 0.25) is 0 Å². The number of hydrazone groups is 1. The van der Waals surface area contributed by atoms with Gasteiger partial charge in [-0.1, -0.05) is 36.0 Å². The van der Waals surface area contributed by atoms with Crippen LogP contribution in [-0.4, -0.2) is 32.6 Å². The lowest BCUT2D eigenvalue weighted by atomic mass is 10.3. The third-order valence-corrected chi connectivity index (χ3v) is 6.72. The van der Waals surface area contributed by atoms with E-state index in [1.165, 1.54) is 15.3 Å². The summed E-state index contributed by atoms with van der Waals surface area (Å²) >= 11 is 5.16. The van der Waals surface area contributed by atoms with Crippen LogP contribution < -0.4 is 10.7 Å². The highest BCUT2D eigenvalue weighted by molar-refractivity contribution is 14.1. The van der Waals surface area contributed by atoms with Crippen LogP contribution in [0, 0.1) is 3.57 Å². The van der Waals surface area contributed by atoms with Crippen LogP contribution in [0.15, 0.2) is 82.4 Å². The molecule has 2 heterocycles.